The molecule has 2 N–H and O–H groups in total. The van der Waals surface area contributed by atoms with Crippen LogP contribution in [0.2, 0.25) is 0 Å². The van der Waals surface area contributed by atoms with Gasteiger partial charge in [-0.2, -0.15) is 0 Å². The highest BCUT2D eigenvalue weighted by Crippen LogP contribution is 2.15. The summed E-state index contributed by atoms with van der Waals surface area (Å²) in [4.78, 5) is 11.1. The fourth-order valence-electron chi connectivity index (χ4n) is 1.09. The van der Waals surface area contributed by atoms with E-state index < -0.39 is 24.3 Å². The first-order chi connectivity index (χ1) is 6.16. The second kappa shape index (κ2) is 4.55. The molecule has 0 bridgehead atoms. The third kappa shape index (κ3) is 2.40. The second-order valence-corrected chi connectivity index (χ2v) is 2.98. The third-order valence-electron chi connectivity index (χ3n) is 1.83. The van der Waals surface area contributed by atoms with Crippen molar-refractivity contribution < 1.29 is 24.5 Å². The molecular weight excluding hydrogens is 176 g/mol. The van der Waals surface area contributed by atoms with Crippen molar-refractivity contribution in [1.29, 1.82) is 0 Å². The molecule has 1 fully saturated rings. The van der Waals surface area contributed by atoms with Crippen LogP contribution in [0, 0.1) is 0 Å². The minimum atomic E-state index is -1.16. The minimum absolute atomic E-state index is 0.0208. The maximum Gasteiger partial charge on any atom is 0.338 e. The van der Waals surface area contributed by atoms with Crippen molar-refractivity contribution >= 4 is 5.97 Å². The van der Waals surface area contributed by atoms with Crippen molar-refractivity contribution in [3.63, 3.8) is 0 Å². The van der Waals surface area contributed by atoms with Crippen LogP contribution in [-0.4, -0.2) is 47.7 Å². The Morgan fingerprint density at radius 1 is 1.62 bits per heavy atom. The second-order valence-electron chi connectivity index (χ2n) is 2.98. The number of hydrogen-bond acceptors (Lipinski definition) is 5. The van der Waals surface area contributed by atoms with Crippen molar-refractivity contribution in [2.45, 2.75) is 31.7 Å². The van der Waals surface area contributed by atoms with E-state index in [0.717, 1.165) is 6.42 Å². The average Bonchev–Trinajstić information content (AvgIpc) is 2.44. The standard InChI is InChI=1S/C8H14O5/c1-2-3-12-8(11)7-6(10)5(9)4-13-7/h5-7,9-10H,2-4H2,1H3/t5-,6+,7-/m0/s1. The molecule has 0 amide bonds. The molecule has 0 aromatic carbocycles. The largest absolute Gasteiger partial charge is 0.464 e. The number of carbonyl (C=O) groups is 1. The molecule has 1 saturated heterocycles. The zero-order valence-electron chi connectivity index (χ0n) is 7.47. The van der Waals surface area contributed by atoms with Gasteiger partial charge in [-0.15, -0.1) is 0 Å². The number of hydrogen-bond donors (Lipinski definition) is 2. The van der Waals surface area contributed by atoms with Crippen LogP contribution in [0.15, 0.2) is 0 Å². The van der Waals surface area contributed by atoms with Crippen LogP contribution in [0.1, 0.15) is 13.3 Å². The first-order valence-corrected chi connectivity index (χ1v) is 4.31. The Bertz CT molecular complexity index is 181. The molecular formula is C8H14O5. The Labute approximate surface area is 76.3 Å². The summed E-state index contributed by atoms with van der Waals surface area (Å²) >= 11 is 0. The molecule has 0 radical (unpaired) electrons. The fourth-order valence-corrected chi connectivity index (χ4v) is 1.09. The zero-order valence-corrected chi connectivity index (χ0v) is 7.47. The minimum Gasteiger partial charge on any atom is -0.464 e. The molecule has 1 aliphatic rings. The lowest BCUT2D eigenvalue weighted by Gasteiger charge is -2.13. The van der Waals surface area contributed by atoms with Crippen molar-refractivity contribution in [3.05, 3.63) is 0 Å². The monoisotopic (exact) mass is 190 g/mol. The van der Waals surface area contributed by atoms with Gasteiger partial charge in [0, 0.05) is 0 Å². The Balaban J connectivity index is 2.39. The topological polar surface area (TPSA) is 76.0 Å². The molecule has 76 valence electrons. The Morgan fingerprint density at radius 2 is 2.31 bits per heavy atom. The van der Waals surface area contributed by atoms with E-state index in [4.69, 9.17) is 14.6 Å². The van der Waals surface area contributed by atoms with E-state index in [9.17, 15) is 9.90 Å². The van der Waals surface area contributed by atoms with E-state index in [-0.39, 0.29) is 6.61 Å². The van der Waals surface area contributed by atoms with Crippen LogP contribution < -0.4 is 0 Å². The lowest BCUT2D eigenvalue weighted by molar-refractivity contribution is -0.158. The molecule has 13 heavy (non-hydrogen) atoms. The van der Waals surface area contributed by atoms with Gasteiger partial charge in [-0.3, -0.25) is 0 Å². The zero-order chi connectivity index (χ0) is 9.84. The van der Waals surface area contributed by atoms with E-state index in [1.807, 2.05) is 6.92 Å². The maximum absolute atomic E-state index is 11.1. The smallest absolute Gasteiger partial charge is 0.338 e. The molecule has 0 saturated carbocycles. The van der Waals surface area contributed by atoms with Crippen LogP contribution >= 0.6 is 0 Å². The highest BCUT2D eigenvalue weighted by Gasteiger charge is 2.40. The molecule has 1 rings (SSSR count). The molecule has 0 unspecified atom stereocenters. The molecule has 0 aliphatic carbocycles. The van der Waals surface area contributed by atoms with Gasteiger partial charge < -0.3 is 19.7 Å². The van der Waals surface area contributed by atoms with Gasteiger partial charge in [-0.25, -0.2) is 4.79 Å². The van der Waals surface area contributed by atoms with Gasteiger partial charge >= 0.3 is 5.97 Å². The number of aliphatic hydroxyl groups is 2. The molecule has 1 aliphatic heterocycles. The van der Waals surface area contributed by atoms with Gasteiger partial charge in [0.2, 0.25) is 0 Å². The Kier molecular flexibility index (Phi) is 3.65. The van der Waals surface area contributed by atoms with Gasteiger partial charge in [-0.05, 0) is 6.42 Å². The highest BCUT2D eigenvalue weighted by molar-refractivity contribution is 5.75. The van der Waals surface area contributed by atoms with E-state index in [1.54, 1.807) is 0 Å². The predicted octanol–water partition coefficient (Wildman–Crippen LogP) is -0.940. The quantitative estimate of drug-likeness (QED) is 0.562. The van der Waals surface area contributed by atoms with Crippen molar-refractivity contribution in [2.75, 3.05) is 13.2 Å². The summed E-state index contributed by atoms with van der Waals surface area (Å²) in [5.41, 5.74) is 0. The molecule has 3 atom stereocenters. The molecule has 1 heterocycles. The summed E-state index contributed by atoms with van der Waals surface area (Å²) in [5, 5.41) is 18.3. The molecule has 0 aromatic heterocycles. The summed E-state index contributed by atoms with van der Waals surface area (Å²) in [6.45, 7) is 2.16. The van der Waals surface area contributed by atoms with Crippen LogP contribution in [-0.2, 0) is 14.3 Å². The van der Waals surface area contributed by atoms with Crippen LogP contribution in [0.4, 0.5) is 0 Å². The number of rotatable bonds is 3. The Hall–Kier alpha value is -0.650. The van der Waals surface area contributed by atoms with Crippen LogP contribution in [0.5, 0.6) is 0 Å². The number of aliphatic hydroxyl groups excluding tert-OH is 2. The summed E-state index contributed by atoms with van der Waals surface area (Å²) < 4.78 is 9.62. The van der Waals surface area contributed by atoms with Gasteiger partial charge in [0.25, 0.3) is 0 Å². The van der Waals surface area contributed by atoms with E-state index in [1.165, 1.54) is 0 Å². The summed E-state index contributed by atoms with van der Waals surface area (Å²) in [6, 6.07) is 0. The number of esters is 1. The lowest BCUT2D eigenvalue weighted by Crippen LogP contribution is -2.36. The first kappa shape index (κ1) is 10.4. The summed E-state index contributed by atoms with van der Waals surface area (Å²) in [7, 11) is 0. The van der Waals surface area contributed by atoms with E-state index in [2.05, 4.69) is 0 Å². The fraction of sp³-hybridized carbons (Fsp3) is 0.875. The highest BCUT2D eigenvalue weighted by atomic mass is 16.6. The van der Waals surface area contributed by atoms with Gasteiger partial charge in [-0.1, -0.05) is 6.92 Å². The normalized spacial score (nSPS) is 33.3. The SMILES string of the molecule is CCCOC(=O)[C@H]1OC[C@H](O)[C@H]1O. The van der Waals surface area contributed by atoms with Gasteiger partial charge in [0.15, 0.2) is 6.10 Å². The lowest BCUT2D eigenvalue weighted by atomic mass is 10.1. The van der Waals surface area contributed by atoms with E-state index in [0.29, 0.717) is 6.61 Å². The summed E-state index contributed by atoms with van der Waals surface area (Å²) in [6.07, 6.45) is -2.46. The molecule has 5 nitrogen and oxygen atoms in total. The summed E-state index contributed by atoms with van der Waals surface area (Å²) in [5.74, 6) is -0.606. The molecule has 0 spiro atoms. The number of ether oxygens (including phenoxy) is 2. The first-order valence-electron chi connectivity index (χ1n) is 4.31. The third-order valence-corrected chi connectivity index (χ3v) is 1.83. The van der Waals surface area contributed by atoms with Crippen molar-refractivity contribution in [3.8, 4) is 0 Å². The number of carbonyl (C=O) groups excluding carboxylic acids is 1. The Morgan fingerprint density at radius 3 is 2.77 bits per heavy atom. The van der Waals surface area contributed by atoms with Gasteiger partial charge in [0.1, 0.15) is 12.2 Å². The predicted molar refractivity (Wildman–Crippen MR) is 43.0 cm³/mol. The van der Waals surface area contributed by atoms with Crippen LogP contribution in [0.25, 0.3) is 0 Å². The van der Waals surface area contributed by atoms with Crippen molar-refractivity contribution in [1.82, 2.24) is 0 Å². The average molecular weight is 190 g/mol. The molecule has 5 heteroatoms. The van der Waals surface area contributed by atoms with Crippen molar-refractivity contribution in [2.24, 2.45) is 0 Å². The van der Waals surface area contributed by atoms with Crippen LogP contribution in [0.3, 0.4) is 0 Å². The maximum atomic E-state index is 11.1. The molecule has 0 aromatic rings. The van der Waals surface area contributed by atoms with Gasteiger partial charge in [0.05, 0.1) is 13.2 Å². The van der Waals surface area contributed by atoms with E-state index >= 15 is 0 Å².